The van der Waals surface area contributed by atoms with Gasteiger partial charge in [0, 0.05) is 37.4 Å². The number of amides is 1. The molecule has 1 amide bonds. The Labute approximate surface area is 160 Å². The van der Waals surface area contributed by atoms with E-state index in [9.17, 15) is 13.2 Å². The van der Waals surface area contributed by atoms with Crippen LogP contribution in [0.15, 0.2) is 47.4 Å². The lowest BCUT2D eigenvalue weighted by Crippen LogP contribution is -2.47. The number of aryl methyl sites for hydroxylation is 2. The van der Waals surface area contributed by atoms with Crippen LogP contribution in [0.5, 0.6) is 0 Å². The van der Waals surface area contributed by atoms with E-state index in [0.717, 1.165) is 18.7 Å². The maximum absolute atomic E-state index is 12.7. The Morgan fingerprint density at radius 1 is 0.963 bits per heavy atom. The molecule has 0 unspecified atom stereocenters. The first-order valence-corrected chi connectivity index (χ1v) is 10.4. The monoisotopic (exact) mass is 387 g/mol. The van der Waals surface area contributed by atoms with Crippen LogP contribution in [0, 0.1) is 13.8 Å². The molecule has 0 aliphatic carbocycles. The minimum atomic E-state index is -3.68. The lowest BCUT2D eigenvalue weighted by molar-refractivity contribution is 0.0664. The zero-order valence-corrected chi connectivity index (χ0v) is 16.7. The SMILES string of the molecule is Cc1ccc(C)c(S(=O)(=O)Nc2ccc(C(=O)N3CCN(C)CC3)cc2)c1. The van der Waals surface area contributed by atoms with Crippen LogP contribution in [0.4, 0.5) is 5.69 Å². The van der Waals surface area contributed by atoms with Crippen molar-refractivity contribution in [3.63, 3.8) is 0 Å². The Hall–Kier alpha value is -2.38. The second kappa shape index (κ2) is 7.70. The van der Waals surface area contributed by atoms with Gasteiger partial charge in [-0.25, -0.2) is 8.42 Å². The molecule has 0 aromatic heterocycles. The summed E-state index contributed by atoms with van der Waals surface area (Å²) in [6.45, 7) is 6.76. The van der Waals surface area contributed by atoms with Gasteiger partial charge in [-0.2, -0.15) is 0 Å². The van der Waals surface area contributed by atoms with E-state index in [1.807, 2.05) is 24.9 Å². The third-order valence-electron chi connectivity index (χ3n) is 4.81. The molecule has 1 aliphatic heterocycles. The van der Waals surface area contributed by atoms with E-state index >= 15 is 0 Å². The summed E-state index contributed by atoms with van der Waals surface area (Å²) in [6, 6.07) is 11.9. The molecule has 1 aliphatic rings. The number of hydrogen-bond acceptors (Lipinski definition) is 4. The first-order valence-electron chi connectivity index (χ1n) is 8.94. The molecule has 2 aromatic carbocycles. The number of piperazine rings is 1. The highest BCUT2D eigenvalue weighted by molar-refractivity contribution is 7.92. The summed E-state index contributed by atoms with van der Waals surface area (Å²) in [5.41, 5.74) is 2.57. The molecular weight excluding hydrogens is 362 g/mol. The normalized spacial score (nSPS) is 15.6. The van der Waals surface area contributed by atoms with Crippen LogP contribution in [0.25, 0.3) is 0 Å². The van der Waals surface area contributed by atoms with Gasteiger partial charge in [0.2, 0.25) is 0 Å². The average molecular weight is 388 g/mol. The lowest BCUT2D eigenvalue weighted by atomic mass is 10.1. The van der Waals surface area contributed by atoms with Gasteiger partial charge in [0.05, 0.1) is 4.90 Å². The van der Waals surface area contributed by atoms with Crippen LogP contribution in [-0.4, -0.2) is 57.4 Å². The van der Waals surface area contributed by atoms with Crippen LogP contribution in [-0.2, 0) is 10.0 Å². The van der Waals surface area contributed by atoms with Crippen molar-refractivity contribution < 1.29 is 13.2 Å². The molecule has 1 heterocycles. The predicted octanol–water partition coefficient (Wildman–Crippen LogP) is 2.49. The van der Waals surface area contributed by atoms with Gasteiger partial charge in [0.1, 0.15) is 0 Å². The van der Waals surface area contributed by atoms with Gasteiger partial charge in [-0.15, -0.1) is 0 Å². The Bertz CT molecular complexity index is 931. The van der Waals surface area contributed by atoms with Gasteiger partial charge >= 0.3 is 0 Å². The zero-order valence-electron chi connectivity index (χ0n) is 15.9. The molecule has 27 heavy (non-hydrogen) atoms. The topological polar surface area (TPSA) is 69.7 Å². The van der Waals surface area contributed by atoms with Crippen molar-refractivity contribution >= 4 is 21.6 Å². The highest BCUT2D eigenvalue weighted by Gasteiger charge is 2.21. The number of benzene rings is 2. The highest BCUT2D eigenvalue weighted by atomic mass is 32.2. The summed E-state index contributed by atoms with van der Waals surface area (Å²) < 4.78 is 28.0. The van der Waals surface area contributed by atoms with Gasteiger partial charge in [-0.3, -0.25) is 9.52 Å². The fraction of sp³-hybridized carbons (Fsp3) is 0.350. The molecular formula is C20H25N3O3S. The summed E-state index contributed by atoms with van der Waals surface area (Å²) in [4.78, 5) is 16.9. The molecule has 6 nitrogen and oxygen atoms in total. The Balaban J connectivity index is 1.74. The predicted molar refractivity (Wildman–Crippen MR) is 107 cm³/mol. The summed E-state index contributed by atoms with van der Waals surface area (Å²) in [7, 11) is -1.64. The number of rotatable bonds is 4. The highest BCUT2D eigenvalue weighted by Crippen LogP contribution is 2.21. The van der Waals surface area contributed by atoms with Gasteiger partial charge in [-0.1, -0.05) is 12.1 Å². The first-order chi connectivity index (χ1) is 12.8. The van der Waals surface area contributed by atoms with Crippen LogP contribution in [0.3, 0.4) is 0 Å². The van der Waals surface area contributed by atoms with Crippen molar-refractivity contribution in [2.24, 2.45) is 0 Å². The number of carbonyl (C=O) groups excluding carboxylic acids is 1. The number of nitrogens with one attached hydrogen (secondary N) is 1. The Morgan fingerprint density at radius 2 is 1.59 bits per heavy atom. The lowest BCUT2D eigenvalue weighted by Gasteiger charge is -2.32. The van der Waals surface area contributed by atoms with Crippen LogP contribution < -0.4 is 4.72 Å². The molecule has 7 heteroatoms. The van der Waals surface area contributed by atoms with Crippen molar-refractivity contribution in [2.75, 3.05) is 37.9 Å². The molecule has 0 spiro atoms. The Kier molecular flexibility index (Phi) is 5.53. The van der Waals surface area contributed by atoms with Gasteiger partial charge in [-0.05, 0) is 62.4 Å². The fourth-order valence-electron chi connectivity index (χ4n) is 3.08. The third-order valence-corrected chi connectivity index (χ3v) is 6.33. The molecule has 0 radical (unpaired) electrons. The minimum absolute atomic E-state index is 0.0213. The second-order valence-electron chi connectivity index (χ2n) is 7.05. The molecule has 144 valence electrons. The van der Waals surface area contributed by atoms with Crippen molar-refractivity contribution in [1.29, 1.82) is 0 Å². The number of likely N-dealkylation sites (N-methyl/N-ethyl adjacent to an activating group) is 1. The fourth-order valence-corrected chi connectivity index (χ4v) is 4.47. The quantitative estimate of drug-likeness (QED) is 0.875. The number of carbonyl (C=O) groups is 1. The van der Waals surface area contributed by atoms with Crippen molar-refractivity contribution in [2.45, 2.75) is 18.7 Å². The molecule has 0 saturated carbocycles. The van der Waals surface area contributed by atoms with Gasteiger partial charge in [0.25, 0.3) is 15.9 Å². The van der Waals surface area contributed by atoms with Crippen molar-refractivity contribution in [1.82, 2.24) is 9.80 Å². The molecule has 1 saturated heterocycles. The second-order valence-corrected chi connectivity index (χ2v) is 8.70. The summed E-state index contributed by atoms with van der Waals surface area (Å²) in [6.07, 6.45) is 0. The number of hydrogen-bond donors (Lipinski definition) is 1. The molecule has 1 N–H and O–H groups in total. The van der Waals surface area contributed by atoms with Crippen LogP contribution >= 0.6 is 0 Å². The van der Waals surface area contributed by atoms with Crippen molar-refractivity contribution in [3.8, 4) is 0 Å². The van der Waals surface area contributed by atoms with E-state index in [2.05, 4.69) is 9.62 Å². The zero-order chi connectivity index (χ0) is 19.6. The summed E-state index contributed by atoms with van der Waals surface area (Å²) in [5, 5.41) is 0. The van der Waals surface area contributed by atoms with E-state index in [0.29, 0.717) is 29.9 Å². The van der Waals surface area contributed by atoms with Gasteiger partial charge in [0.15, 0.2) is 0 Å². The first kappa shape index (κ1) is 19.4. The molecule has 0 atom stereocenters. The third kappa shape index (κ3) is 4.48. The summed E-state index contributed by atoms with van der Waals surface area (Å²) >= 11 is 0. The van der Waals surface area contributed by atoms with Crippen molar-refractivity contribution in [3.05, 3.63) is 59.2 Å². The number of anilines is 1. The van der Waals surface area contributed by atoms with E-state index in [1.165, 1.54) is 0 Å². The standard InChI is InChI=1S/C20H25N3O3S/c1-15-4-5-16(2)19(14-15)27(25,26)21-18-8-6-17(7-9-18)20(24)23-12-10-22(3)11-13-23/h4-9,14,21H,10-13H2,1-3H3. The minimum Gasteiger partial charge on any atom is -0.336 e. The molecule has 0 bridgehead atoms. The van der Waals surface area contributed by atoms with E-state index in [-0.39, 0.29) is 10.8 Å². The number of sulfonamides is 1. The van der Waals surface area contributed by atoms with E-state index in [1.54, 1.807) is 43.3 Å². The largest absolute Gasteiger partial charge is 0.336 e. The number of nitrogens with zero attached hydrogens (tertiary/aromatic N) is 2. The van der Waals surface area contributed by atoms with Crippen LogP contribution in [0.2, 0.25) is 0 Å². The molecule has 2 aromatic rings. The summed E-state index contributed by atoms with van der Waals surface area (Å²) in [5.74, 6) is -0.0213. The molecule has 3 rings (SSSR count). The van der Waals surface area contributed by atoms with E-state index < -0.39 is 10.0 Å². The van der Waals surface area contributed by atoms with Gasteiger partial charge < -0.3 is 9.80 Å². The maximum Gasteiger partial charge on any atom is 0.262 e. The maximum atomic E-state index is 12.7. The van der Waals surface area contributed by atoms with Crippen LogP contribution in [0.1, 0.15) is 21.5 Å². The smallest absolute Gasteiger partial charge is 0.262 e. The van der Waals surface area contributed by atoms with E-state index in [4.69, 9.17) is 0 Å². The molecule has 1 fully saturated rings. The Morgan fingerprint density at radius 3 is 2.22 bits per heavy atom. The average Bonchev–Trinajstić information content (AvgIpc) is 2.64.